The summed E-state index contributed by atoms with van der Waals surface area (Å²) in [4.78, 5) is 12.6. The Morgan fingerprint density at radius 2 is 2.18 bits per heavy atom. The van der Waals surface area contributed by atoms with Crippen LogP contribution in [0.2, 0.25) is 0 Å². The maximum absolute atomic E-state index is 12.2. The molecule has 0 saturated heterocycles. The molecule has 0 heterocycles. The SMILES string of the molecule is Cc1c(Br)cccc1C(=O)NC1CCCC1Br. The monoisotopic (exact) mass is 359 g/mol. The van der Waals surface area contributed by atoms with Crippen LogP contribution in [0.3, 0.4) is 0 Å². The van der Waals surface area contributed by atoms with E-state index in [9.17, 15) is 4.79 Å². The summed E-state index contributed by atoms with van der Waals surface area (Å²) >= 11 is 7.06. The Balaban J connectivity index is 2.12. The number of carbonyl (C=O) groups excluding carboxylic acids is 1. The Morgan fingerprint density at radius 3 is 2.82 bits per heavy atom. The van der Waals surface area contributed by atoms with Gasteiger partial charge in [-0.05, 0) is 37.5 Å². The summed E-state index contributed by atoms with van der Waals surface area (Å²) in [5.74, 6) is 0.0279. The number of amides is 1. The molecule has 0 bridgehead atoms. The number of carbonyl (C=O) groups is 1. The van der Waals surface area contributed by atoms with Crippen LogP contribution in [0.15, 0.2) is 22.7 Å². The van der Waals surface area contributed by atoms with E-state index in [0.717, 1.165) is 28.4 Å². The lowest BCUT2D eigenvalue weighted by Crippen LogP contribution is -2.37. The third-order valence-electron chi connectivity index (χ3n) is 3.26. The highest BCUT2D eigenvalue weighted by Crippen LogP contribution is 2.26. The lowest BCUT2D eigenvalue weighted by Gasteiger charge is -2.17. The largest absolute Gasteiger partial charge is 0.348 e. The molecule has 4 heteroatoms. The second-order valence-electron chi connectivity index (χ2n) is 4.44. The van der Waals surface area contributed by atoms with Gasteiger partial charge in [0, 0.05) is 20.9 Å². The average molecular weight is 361 g/mol. The number of rotatable bonds is 2. The first-order valence-electron chi connectivity index (χ1n) is 5.79. The standard InChI is InChI=1S/C13H15Br2NO/c1-8-9(4-2-5-10(8)14)13(17)16-12-7-3-6-11(12)15/h2,4-5,11-12H,3,6-7H2,1H3,(H,16,17). The Kier molecular flexibility index (Phi) is 4.26. The van der Waals surface area contributed by atoms with Crippen LogP contribution in [-0.4, -0.2) is 16.8 Å². The molecule has 1 aromatic rings. The lowest BCUT2D eigenvalue weighted by atomic mass is 10.1. The highest BCUT2D eigenvalue weighted by atomic mass is 79.9. The van der Waals surface area contributed by atoms with Crippen LogP contribution in [0.1, 0.15) is 35.2 Å². The van der Waals surface area contributed by atoms with Crippen molar-refractivity contribution in [2.45, 2.75) is 37.1 Å². The van der Waals surface area contributed by atoms with Crippen LogP contribution >= 0.6 is 31.9 Å². The van der Waals surface area contributed by atoms with Gasteiger partial charge in [0.2, 0.25) is 0 Å². The molecule has 1 N–H and O–H groups in total. The minimum Gasteiger partial charge on any atom is -0.348 e. The zero-order chi connectivity index (χ0) is 12.4. The summed E-state index contributed by atoms with van der Waals surface area (Å²) in [7, 11) is 0. The molecule has 1 aliphatic rings. The van der Waals surface area contributed by atoms with Gasteiger partial charge in [-0.15, -0.1) is 0 Å². The fourth-order valence-corrected chi connectivity index (χ4v) is 3.26. The van der Waals surface area contributed by atoms with Crippen molar-refractivity contribution in [3.8, 4) is 0 Å². The van der Waals surface area contributed by atoms with Crippen LogP contribution in [0.5, 0.6) is 0 Å². The molecule has 1 aliphatic carbocycles. The molecule has 2 rings (SSSR count). The molecule has 1 aromatic carbocycles. The van der Waals surface area contributed by atoms with E-state index in [0.29, 0.717) is 4.83 Å². The van der Waals surface area contributed by atoms with E-state index in [1.807, 2.05) is 25.1 Å². The molecule has 0 spiro atoms. The first-order chi connectivity index (χ1) is 8.09. The molecule has 2 unspecified atom stereocenters. The first kappa shape index (κ1) is 13.1. The number of hydrogen-bond acceptors (Lipinski definition) is 1. The van der Waals surface area contributed by atoms with Gasteiger partial charge in [0.1, 0.15) is 0 Å². The number of nitrogens with one attached hydrogen (secondary N) is 1. The van der Waals surface area contributed by atoms with Crippen molar-refractivity contribution >= 4 is 37.8 Å². The molecule has 0 radical (unpaired) electrons. The number of hydrogen-bond donors (Lipinski definition) is 1. The van der Waals surface area contributed by atoms with Crippen molar-refractivity contribution in [2.24, 2.45) is 0 Å². The van der Waals surface area contributed by atoms with Gasteiger partial charge in [-0.2, -0.15) is 0 Å². The first-order valence-corrected chi connectivity index (χ1v) is 7.50. The average Bonchev–Trinajstić information content (AvgIpc) is 2.68. The summed E-state index contributed by atoms with van der Waals surface area (Å²) in [6.45, 7) is 1.96. The smallest absolute Gasteiger partial charge is 0.251 e. The van der Waals surface area contributed by atoms with Crippen molar-refractivity contribution < 1.29 is 4.79 Å². The molecule has 17 heavy (non-hydrogen) atoms. The number of alkyl halides is 1. The number of benzene rings is 1. The Morgan fingerprint density at radius 1 is 1.41 bits per heavy atom. The van der Waals surface area contributed by atoms with E-state index >= 15 is 0 Å². The van der Waals surface area contributed by atoms with Gasteiger partial charge < -0.3 is 5.32 Å². The third kappa shape index (κ3) is 2.91. The topological polar surface area (TPSA) is 29.1 Å². The van der Waals surface area contributed by atoms with Crippen molar-refractivity contribution in [2.75, 3.05) is 0 Å². The molecule has 0 aromatic heterocycles. The maximum Gasteiger partial charge on any atom is 0.251 e. The van der Waals surface area contributed by atoms with Crippen molar-refractivity contribution in [1.82, 2.24) is 5.32 Å². The molecular formula is C13H15Br2NO. The summed E-state index contributed by atoms with van der Waals surface area (Å²) in [6, 6.07) is 5.98. The van der Waals surface area contributed by atoms with Crippen molar-refractivity contribution in [3.63, 3.8) is 0 Å². The van der Waals surface area contributed by atoms with E-state index in [1.54, 1.807) is 0 Å². The van der Waals surface area contributed by atoms with Gasteiger partial charge in [-0.3, -0.25) is 4.79 Å². The molecule has 0 aliphatic heterocycles. The van der Waals surface area contributed by atoms with Crippen LogP contribution < -0.4 is 5.32 Å². The molecule has 1 amide bonds. The Labute approximate surface area is 118 Å². The van der Waals surface area contributed by atoms with E-state index in [1.165, 1.54) is 6.42 Å². The molecular weight excluding hydrogens is 346 g/mol. The Hall–Kier alpha value is -0.350. The van der Waals surface area contributed by atoms with E-state index in [2.05, 4.69) is 37.2 Å². The summed E-state index contributed by atoms with van der Waals surface area (Å²) < 4.78 is 0.979. The van der Waals surface area contributed by atoms with E-state index in [4.69, 9.17) is 0 Å². The van der Waals surface area contributed by atoms with Crippen molar-refractivity contribution in [1.29, 1.82) is 0 Å². The lowest BCUT2D eigenvalue weighted by molar-refractivity contribution is 0.0938. The minimum atomic E-state index is 0.0279. The van der Waals surface area contributed by atoms with Gasteiger partial charge in [0.25, 0.3) is 5.91 Å². The fraction of sp³-hybridized carbons (Fsp3) is 0.462. The molecule has 2 nitrogen and oxygen atoms in total. The van der Waals surface area contributed by atoms with E-state index < -0.39 is 0 Å². The zero-order valence-electron chi connectivity index (χ0n) is 9.67. The maximum atomic E-state index is 12.2. The van der Waals surface area contributed by atoms with Gasteiger partial charge in [-0.1, -0.05) is 44.3 Å². The van der Waals surface area contributed by atoms with Gasteiger partial charge >= 0.3 is 0 Å². The van der Waals surface area contributed by atoms with Crippen LogP contribution in [0, 0.1) is 6.92 Å². The zero-order valence-corrected chi connectivity index (χ0v) is 12.8. The van der Waals surface area contributed by atoms with Crippen LogP contribution in [-0.2, 0) is 0 Å². The fourth-order valence-electron chi connectivity index (χ4n) is 2.18. The van der Waals surface area contributed by atoms with Gasteiger partial charge in [0.05, 0.1) is 0 Å². The van der Waals surface area contributed by atoms with Crippen LogP contribution in [0.4, 0.5) is 0 Å². The molecule has 2 atom stereocenters. The third-order valence-corrected chi connectivity index (χ3v) is 5.22. The van der Waals surface area contributed by atoms with Gasteiger partial charge in [-0.25, -0.2) is 0 Å². The quantitative estimate of drug-likeness (QED) is 0.798. The highest BCUT2D eigenvalue weighted by molar-refractivity contribution is 9.10. The normalized spacial score (nSPS) is 23.7. The summed E-state index contributed by atoms with van der Waals surface area (Å²) in [5, 5.41) is 3.11. The van der Waals surface area contributed by atoms with Gasteiger partial charge in [0.15, 0.2) is 0 Å². The summed E-state index contributed by atoms with van der Waals surface area (Å²) in [5.41, 5.74) is 1.75. The molecule has 92 valence electrons. The predicted octanol–water partition coefficient (Wildman–Crippen LogP) is 3.80. The molecule has 1 fully saturated rings. The second kappa shape index (κ2) is 5.53. The van der Waals surface area contributed by atoms with Crippen LogP contribution in [0.25, 0.3) is 0 Å². The Bertz CT molecular complexity index is 433. The highest BCUT2D eigenvalue weighted by Gasteiger charge is 2.26. The second-order valence-corrected chi connectivity index (χ2v) is 6.47. The predicted molar refractivity (Wildman–Crippen MR) is 76.7 cm³/mol. The summed E-state index contributed by atoms with van der Waals surface area (Å²) in [6.07, 6.45) is 3.38. The minimum absolute atomic E-state index is 0.0279. The van der Waals surface area contributed by atoms with Crippen molar-refractivity contribution in [3.05, 3.63) is 33.8 Å². The number of halogens is 2. The molecule has 1 saturated carbocycles. The van der Waals surface area contributed by atoms with E-state index in [-0.39, 0.29) is 11.9 Å².